The number of hydrogen-bond acceptors (Lipinski definition) is 3. The Labute approximate surface area is 67.9 Å². The van der Waals surface area contributed by atoms with Gasteiger partial charge in [0.25, 0.3) is 5.24 Å². The molecule has 1 unspecified atom stereocenters. The van der Waals surface area contributed by atoms with Gasteiger partial charge < -0.3 is 4.84 Å². The molecule has 1 atom stereocenters. The fraction of sp³-hybridized carbons (Fsp3) is 0.600. The fourth-order valence-electron chi connectivity index (χ4n) is 0.599. The third-order valence-electron chi connectivity index (χ3n) is 1.25. The predicted octanol–water partition coefficient (Wildman–Crippen LogP) is 1.48. The lowest BCUT2D eigenvalue weighted by Gasteiger charge is -2.14. The molecule has 5 heteroatoms. The zero-order valence-corrected chi connectivity index (χ0v) is 6.74. The maximum atomic E-state index is 10.6. The van der Waals surface area contributed by atoms with Gasteiger partial charge in [0.05, 0.1) is 6.42 Å². The molecule has 10 heavy (non-hydrogen) atoms. The van der Waals surface area contributed by atoms with Crippen LogP contribution in [0.1, 0.15) is 13.3 Å². The normalized spacial score (nSPS) is 31.3. The summed E-state index contributed by atoms with van der Waals surface area (Å²) in [6.45, 7) is 1.54. The summed E-state index contributed by atoms with van der Waals surface area (Å²) in [6.07, 6.45) is 0.261. The Bertz CT molecular complexity index is 204. The number of halogens is 2. The van der Waals surface area contributed by atoms with E-state index in [-0.39, 0.29) is 11.6 Å². The first-order chi connectivity index (χ1) is 4.54. The van der Waals surface area contributed by atoms with Gasteiger partial charge in [-0.05, 0) is 18.5 Å². The molecule has 56 valence electrons. The maximum absolute atomic E-state index is 10.6. The van der Waals surface area contributed by atoms with Gasteiger partial charge in [-0.3, -0.25) is 4.79 Å². The molecule has 1 aliphatic heterocycles. The second kappa shape index (κ2) is 2.40. The van der Waals surface area contributed by atoms with Crippen LogP contribution in [0.25, 0.3) is 0 Å². The molecule has 1 heterocycles. The van der Waals surface area contributed by atoms with Crippen LogP contribution in [0.5, 0.6) is 0 Å². The fourth-order valence-corrected chi connectivity index (χ4v) is 0.989. The van der Waals surface area contributed by atoms with Crippen LogP contribution < -0.4 is 0 Å². The molecule has 0 radical (unpaired) electrons. The monoisotopic (exact) mass is 181 g/mol. The summed E-state index contributed by atoms with van der Waals surface area (Å²) in [5, 5.41) is 3.08. The predicted molar refractivity (Wildman–Crippen MR) is 38.3 cm³/mol. The lowest BCUT2D eigenvalue weighted by molar-refractivity contribution is -0.130. The number of oxime groups is 1. The molecule has 0 saturated carbocycles. The lowest BCUT2D eigenvalue weighted by atomic mass is 10.1. The highest BCUT2D eigenvalue weighted by atomic mass is 35.5. The van der Waals surface area contributed by atoms with E-state index in [9.17, 15) is 4.79 Å². The molecular formula is C5H5Cl2NO2. The van der Waals surface area contributed by atoms with E-state index in [1.165, 1.54) is 0 Å². The van der Waals surface area contributed by atoms with E-state index in [2.05, 4.69) is 9.99 Å². The second-order valence-corrected chi connectivity index (χ2v) is 3.02. The molecule has 0 saturated heterocycles. The molecule has 0 bridgehead atoms. The second-order valence-electron chi connectivity index (χ2n) is 2.24. The summed E-state index contributed by atoms with van der Waals surface area (Å²) in [7, 11) is 0. The molecule has 0 aromatic carbocycles. The summed E-state index contributed by atoms with van der Waals surface area (Å²) in [5.41, 5.74) is -1.04. The Morgan fingerprint density at radius 1 is 1.90 bits per heavy atom. The van der Waals surface area contributed by atoms with Crippen molar-refractivity contribution in [2.75, 3.05) is 0 Å². The Balaban J connectivity index is 2.70. The summed E-state index contributed by atoms with van der Waals surface area (Å²) >= 11 is 10.6. The summed E-state index contributed by atoms with van der Waals surface area (Å²) in [6, 6.07) is 0. The van der Waals surface area contributed by atoms with Crippen molar-refractivity contribution in [3.05, 3.63) is 0 Å². The van der Waals surface area contributed by atoms with Crippen LogP contribution >= 0.6 is 23.2 Å². The average molecular weight is 182 g/mol. The SMILES string of the molecule is CC1(C(=O)Cl)CC(Cl)=NO1. The van der Waals surface area contributed by atoms with Gasteiger partial charge in [-0.1, -0.05) is 16.8 Å². The van der Waals surface area contributed by atoms with Crippen molar-refractivity contribution in [3.63, 3.8) is 0 Å². The third-order valence-corrected chi connectivity index (χ3v) is 1.85. The molecule has 0 aliphatic carbocycles. The summed E-state index contributed by atoms with van der Waals surface area (Å²) in [4.78, 5) is 15.3. The topological polar surface area (TPSA) is 38.7 Å². The zero-order valence-electron chi connectivity index (χ0n) is 5.23. The highest BCUT2D eigenvalue weighted by Gasteiger charge is 2.40. The number of carbonyl (C=O) groups excluding carboxylic acids is 1. The molecule has 1 rings (SSSR count). The molecule has 0 aromatic rings. The van der Waals surface area contributed by atoms with Gasteiger partial charge >= 0.3 is 0 Å². The van der Waals surface area contributed by atoms with Crippen molar-refractivity contribution in [1.29, 1.82) is 0 Å². The van der Waals surface area contributed by atoms with Gasteiger partial charge in [-0.15, -0.1) is 0 Å². The minimum absolute atomic E-state index is 0.261. The van der Waals surface area contributed by atoms with Crippen molar-refractivity contribution < 1.29 is 9.63 Å². The number of hydrogen-bond donors (Lipinski definition) is 0. The van der Waals surface area contributed by atoms with Gasteiger partial charge in [-0.25, -0.2) is 0 Å². The third kappa shape index (κ3) is 1.25. The number of rotatable bonds is 1. The molecule has 1 aliphatic rings. The van der Waals surface area contributed by atoms with Crippen LogP contribution in [0.4, 0.5) is 0 Å². The molecule has 0 spiro atoms. The Kier molecular flexibility index (Phi) is 1.88. The van der Waals surface area contributed by atoms with Crippen LogP contribution in [0.15, 0.2) is 5.16 Å². The number of carbonyl (C=O) groups is 1. The van der Waals surface area contributed by atoms with Gasteiger partial charge in [0, 0.05) is 0 Å². The molecule has 0 amide bonds. The first-order valence-corrected chi connectivity index (χ1v) is 3.41. The molecule has 0 fully saturated rings. The summed E-state index contributed by atoms with van der Waals surface area (Å²) in [5.74, 6) is 0. The highest BCUT2D eigenvalue weighted by molar-refractivity contribution is 6.68. The van der Waals surface area contributed by atoms with Crippen LogP contribution in [-0.2, 0) is 9.63 Å². The minimum atomic E-state index is -1.04. The van der Waals surface area contributed by atoms with Gasteiger partial charge in [-0.2, -0.15) is 0 Å². The first kappa shape index (κ1) is 7.82. The smallest absolute Gasteiger partial charge is 0.268 e. The van der Waals surface area contributed by atoms with Crippen LogP contribution in [0.2, 0.25) is 0 Å². The van der Waals surface area contributed by atoms with Crippen molar-refractivity contribution in [2.45, 2.75) is 18.9 Å². The van der Waals surface area contributed by atoms with E-state index in [0.717, 1.165) is 0 Å². The van der Waals surface area contributed by atoms with Gasteiger partial charge in [0.1, 0.15) is 5.17 Å². The van der Waals surface area contributed by atoms with Crippen molar-refractivity contribution >= 4 is 33.6 Å². The lowest BCUT2D eigenvalue weighted by Crippen LogP contribution is -2.31. The van der Waals surface area contributed by atoms with Crippen LogP contribution in [0.3, 0.4) is 0 Å². The Morgan fingerprint density at radius 3 is 2.70 bits per heavy atom. The van der Waals surface area contributed by atoms with Crippen molar-refractivity contribution in [1.82, 2.24) is 0 Å². The Hall–Kier alpha value is -0.280. The number of nitrogens with zero attached hydrogens (tertiary/aromatic N) is 1. The van der Waals surface area contributed by atoms with E-state index < -0.39 is 10.8 Å². The zero-order chi connectivity index (χ0) is 7.78. The van der Waals surface area contributed by atoms with Crippen molar-refractivity contribution in [3.8, 4) is 0 Å². The van der Waals surface area contributed by atoms with E-state index in [1.54, 1.807) is 6.92 Å². The molecule has 0 aromatic heterocycles. The maximum Gasteiger partial charge on any atom is 0.268 e. The largest absolute Gasteiger partial charge is 0.379 e. The quantitative estimate of drug-likeness (QED) is 0.576. The van der Waals surface area contributed by atoms with E-state index in [0.29, 0.717) is 0 Å². The standard InChI is InChI=1S/C5H5Cl2NO2/c1-5(4(7)9)2-3(6)8-10-5/h2H2,1H3. The molecule has 0 N–H and O–H groups in total. The van der Waals surface area contributed by atoms with Gasteiger partial charge in [0.2, 0.25) is 5.60 Å². The van der Waals surface area contributed by atoms with E-state index in [1.807, 2.05) is 0 Å². The molecule has 3 nitrogen and oxygen atoms in total. The van der Waals surface area contributed by atoms with E-state index in [4.69, 9.17) is 23.2 Å². The van der Waals surface area contributed by atoms with Crippen LogP contribution in [-0.4, -0.2) is 16.0 Å². The Morgan fingerprint density at radius 2 is 2.50 bits per heavy atom. The van der Waals surface area contributed by atoms with Gasteiger partial charge in [0.15, 0.2) is 0 Å². The van der Waals surface area contributed by atoms with Crippen LogP contribution in [0, 0.1) is 0 Å². The molecular weight excluding hydrogens is 177 g/mol. The van der Waals surface area contributed by atoms with Crippen molar-refractivity contribution in [2.24, 2.45) is 5.16 Å². The highest BCUT2D eigenvalue weighted by Crippen LogP contribution is 2.26. The first-order valence-electron chi connectivity index (χ1n) is 2.65. The average Bonchev–Trinajstić information content (AvgIpc) is 2.13. The van der Waals surface area contributed by atoms with E-state index >= 15 is 0 Å². The summed E-state index contributed by atoms with van der Waals surface area (Å²) < 4.78 is 0. The minimum Gasteiger partial charge on any atom is -0.379 e.